The average Bonchev–Trinajstić information content (AvgIpc) is 3.18. The van der Waals surface area contributed by atoms with Gasteiger partial charge in [0.1, 0.15) is 0 Å². The van der Waals surface area contributed by atoms with E-state index in [0.29, 0.717) is 17.4 Å². The largest absolute Gasteiger partial charge is 0.370 e. The molecule has 0 aromatic heterocycles. The van der Waals surface area contributed by atoms with Gasteiger partial charge in [0.2, 0.25) is 0 Å². The number of benzene rings is 1. The second-order valence-corrected chi connectivity index (χ2v) is 7.17. The Morgan fingerprint density at radius 1 is 1.33 bits per heavy atom. The molecule has 1 aliphatic heterocycles. The van der Waals surface area contributed by atoms with E-state index < -0.39 is 0 Å². The topological polar surface area (TPSA) is 53.6 Å². The molecule has 0 radical (unpaired) electrons. The van der Waals surface area contributed by atoms with Gasteiger partial charge in [0.15, 0.2) is 5.96 Å². The molecule has 0 spiro atoms. The Labute approximate surface area is 163 Å². The van der Waals surface area contributed by atoms with E-state index >= 15 is 0 Å². The second-order valence-electron chi connectivity index (χ2n) is 7.17. The number of likely N-dealkylation sites (N-methyl/N-ethyl adjacent to an activating group) is 1. The van der Waals surface area contributed by atoms with E-state index in [1.807, 2.05) is 0 Å². The Balaban J connectivity index is 0.00000208. The summed E-state index contributed by atoms with van der Waals surface area (Å²) < 4.78 is 0. The van der Waals surface area contributed by atoms with E-state index in [4.69, 9.17) is 5.73 Å². The highest BCUT2D eigenvalue weighted by Gasteiger charge is 2.42. The molecule has 1 unspecified atom stereocenters. The highest BCUT2D eigenvalue weighted by atomic mass is 127. The van der Waals surface area contributed by atoms with Gasteiger partial charge in [-0.3, -0.25) is 9.89 Å². The van der Waals surface area contributed by atoms with E-state index in [-0.39, 0.29) is 24.0 Å². The number of nitrogens with two attached hydrogens (primary N) is 1. The Morgan fingerprint density at radius 2 is 2.08 bits per heavy atom. The van der Waals surface area contributed by atoms with Gasteiger partial charge in [-0.2, -0.15) is 0 Å². The SMILES string of the molecule is CCN1CCCC1CNC(N)=NCC1(Cc2ccccc2)CC1.I. The molecule has 5 heteroatoms. The van der Waals surface area contributed by atoms with Crippen LogP contribution in [-0.4, -0.2) is 43.1 Å². The number of aliphatic imine (C=N–C) groups is 1. The Bertz CT molecular complexity index is 527. The zero-order chi connectivity index (χ0) is 16.1. The summed E-state index contributed by atoms with van der Waals surface area (Å²) in [6.07, 6.45) is 6.23. The molecule has 1 saturated heterocycles. The number of likely N-dealkylation sites (tertiary alicyclic amines) is 1. The first-order valence-corrected chi connectivity index (χ1v) is 9.02. The lowest BCUT2D eigenvalue weighted by Crippen LogP contribution is -2.43. The molecular formula is C19H31IN4. The van der Waals surface area contributed by atoms with Crippen LogP contribution in [-0.2, 0) is 6.42 Å². The number of guanidine groups is 1. The first-order valence-electron chi connectivity index (χ1n) is 9.02. The molecule has 1 heterocycles. The lowest BCUT2D eigenvalue weighted by molar-refractivity contribution is 0.267. The van der Waals surface area contributed by atoms with Gasteiger partial charge in [-0.15, -0.1) is 24.0 Å². The summed E-state index contributed by atoms with van der Waals surface area (Å²) in [4.78, 5) is 7.16. The number of hydrogen-bond acceptors (Lipinski definition) is 2. The van der Waals surface area contributed by atoms with E-state index in [1.165, 1.54) is 37.8 Å². The lowest BCUT2D eigenvalue weighted by Gasteiger charge is -2.23. The lowest BCUT2D eigenvalue weighted by atomic mass is 9.97. The smallest absolute Gasteiger partial charge is 0.188 e. The summed E-state index contributed by atoms with van der Waals surface area (Å²) in [5.74, 6) is 0.618. The first kappa shape index (κ1) is 19.5. The molecule has 1 aliphatic carbocycles. The molecular weight excluding hydrogens is 411 g/mol. The quantitative estimate of drug-likeness (QED) is 0.388. The molecule has 134 valence electrons. The maximum atomic E-state index is 6.09. The standard InChI is InChI=1S/C19H30N4.HI/c1-2-23-12-6-9-17(23)14-21-18(20)22-15-19(10-11-19)13-16-7-4-3-5-8-16;/h3-5,7-8,17H,2,6,9-15H2,1H3,(H3,20,21,22);1H. The summed E-state index contributed by atoms with van der Waals surface area (Å²) in [5.41, 5.74) is 7.86. The highest BCUT2D eigenvalue weighted by Crippen LogP contribution is 2.48. The minimum atomic E-state index is 0. The second kappa shape index (κ2) is 9.04. The number of halogens is 1. The number of hydrogen-bond donors (Lipinski definition) is 2. The summed E-state index contributed by atoms with van der Waals surface area (Å²) in [6, 6.07) is 11.4. The fourth-order valence-electron chi connectivity index (χ4n) is 3.67. The van der Waals surface area contributed by atoms with Gasteiger partial charge in [-0.1, -0.05) is 37.3 Å². The van der Waals surface area contributed by atoms with E-state index in [0.717, 1.165) is 26.1 Å². The van der Waals surface area contributed by atoms with Crippen molar-refractivity contribution in [2.24, 2.45) is 16.1 Å². The van der Waals surface area contributed by atoms with Crippen LogP contribution < -0.4 is 11.1 Å². The molecule has 3 rings (SSSR count). The van der Waals surface area contributed by atoms with Crippen LogP contribution in [0.15, 0.2) is 35.3 Å². The molecule has 2 fully saturated rings. The van der Waals surface area contributed by atoms with Crippen molar-refractivity contribution < 1.29 is 0 Å². The van der Waals surface area contributed by atoms with Crippen LogP contribution in [0.3, 0.4) is 0 Å². The molecule has 3 N–H and O–H groups in total. The summed E-state index contributed by atoms with van der Waals surface area (Å²) >= 11 is 0. The van der Waals surface area contributed by atoms with Gasteiger partial charge in [-0.05, 0) is 56.2 Å². The molecule has 4 nitrogen and oxygen atoms in total. The number of rotatable bonds is 7. The van der Waals surface area contributed by atoms with E-state index in [9.17, 15) is 0 Å². The molecule has 0 amide bonds. The predicted molar refractivity (Wildman–Crippen MR) is 112 cm³/mol. The molecule has 1 aromatic carbocycles. The van der Waals surface area contributed by atoms with Crippen LogP contribution >= 0.6 is 24.0 Å². The van der Waals surface area contributed by atoms with Crippen LogP contribution in [0.1, 0.15) is 38.2 Å². The van der Waals surface area contributed by atoms with Crippen LogP contribution in [0.25, 0.3) is 0 Å². The van der Waals surface area contributed by atoms with Crippen LogP contribution in [0.4, 0.5) is 0 Å². The highest BCUT2D eigenvalue weighted by molar-refractivity contribution is 14.0. The van der Waals surface area contributed by atoms with Gasteiger partial charge >= 0.3 is 0 Å². The summed E-state index contributed by atoms with van der Waals surface area (Å²) in [7, 11) is 0. The van der Waals surface area contributed by atoms with Gasteiger partial charge in [0.05, 0.1) is 0 Å². The fraction of sp³-hybridized carbons (Fsp3) is 0.632. The maximum absolute atomic E-state index is 6.09. The average molecular weight is 442 g/mol. The molecule has 24 heavy (non-hydrogen) atoms. The van der Waals surface area contributed by atoms with Crippen molar-refractivity contribution in [2.75, 3.05) is 26.2 Å². The molecule has 1 aromatic rings. The predicted octanol–water partition coefficient (Wildman–Crippen LogP) is 3.02. The Morgan fingerprint density at radius 3 is 2.75 bits per heavy atom. The van der Waals surface area contributed by atoms with Crippen molar-refractivity contribution in [1.82, 2.24) is 10.2 Å². The van der Waals surface area contributed by atoms with Crippen molar-refractivity contribution in [3.8, 4) is 0 Å². The zero-order valence-corrected chi connectivity index (χ0v) is 17.0. The zero-order valence-electron chi connectivity index (χ0n) is 14.7. The number of nitrogens with one attached hydrogen (secondary N) is 1. The van der Waals surface area contributed by atoms with E-state index in [2.05, 4.69) is 52.5 Å². The minimum Gasteiger partial charge on any atom is -0.370 e. The normalized spacial score (nSPS) is 22.9. The van der Waals surface area contributed by atoms with Crippen molar-refractivity contribution in [2.45, 2.75) is 45.1 Å². The molecule has 0 bridgehead atoms. The number of nitrogens with zero attached hydrogens (tertiary/aromatic N) is 2. The van der Waals surface area contributed by atoms with Crippen molar-refractivity contribution >= 4 is 29.9 Å². The third-order valence-corrected chi connectivity index (χ3v) is 5.39. The first-order chi connectivity index (χ1) is 11.2. The third-order valence-electron chi connectivity index (χ3n) is 5.39. The van der Waals surface area contributed by atoms with Gasteiger partial charge in [-0.25, -0.2) is 0 Å². The van der Waals surface area contributed by atoms with Gasteiger partial charge < -0.3 is 11.1 Å². The molecule has 1 saturated carbocycles. The Hall–Kier alpha value is -0.820. The molecule has 1 atom stereocenters. The van der Waals surface area contributed by atoms with Crippen molar-refractivity contribution in [3.05, 3.63) is 35.9 Å². The van der Waals surface area contributed by atoms with Crippen LogP contribution in [0, 0.1) is 5.41 Å². The monoisotopic (exact) mass is 442 g/mol. The van der Waals surface area contributed by atoms with Crippen molar-refractivity contribution in [1.29, 1.82) is 0 Å². The fourth-order valence-corrected chi connectivity index (χ4v) is 3.67. The van der Waals surface area contributed by atoms with Crippen LogP contribution in [0.2, 0.25) is 0 Å². The third kappa shape index (κ3) is 5.34. The minimum absolute atomic E-state index is 0. The molecule has 2 aliphatic rings. The maximum Gasteiger partial charge on any atom is 0.188 e. The summed E-state index contributed by atoms with van der Waals surface area (Å²) in [6.45, 7) is 6.36. The van der Waals surface area contributed by atoms with Crippen molar-refractivity contribution in [3.63, 3.8) is 0 Å². The van der Waals surface area contributed by atoms with Gasteiger partial charge in [0.25, 0.3) is 0 Å². The summed E-state index contributed by atoms with van der Waals surface area (Å²) in [5, 5.41) is 3.34. The Kier molecular flexibility index (Phi) is 7.34. The van der Waals surface area contributed by atoms with Crippen LogP contribution in [0.5, 0.6) is 0 Å². The van der Waals surface area contributed by atoms with Gasteiger partial charge in [0, 0.05) is 19.1 Å². The van der Waals surface area contributed by atoms with E-state index in [1.54, 1.807) is 0 Å².